The third-order valence-electron chi connectivity index (χ3n) is 3.87. The van der Waals surface area contributed by atoms with Crippen LogP contribution in [0.15, 0.2) is 40.9 Å². The lowest BCUT2D eigenvalue weighted by atomic mass is 10.1. The normalized spacial score (nSPS) is 12.5. The van der Waals surface area contributed by atoms with Crippen LogP contribution in [-0.2, 0) is 27.5 Å². The van der Waals surface area contributed by atoms with E-state index in [1.54, 1.807) is 24.3 Å². The Balaban J connectivity index is 1.59. The first-order valence-corrected chi connectivity index (χ1v) is 8.93. The van der Waals surface area contributed by atoms with Gasteiger partial charge in [-0.3, -0.25) is 19.7 Å². The van der Waals surface area contributed by atoms with Crippen LogP contribution in [0.2, 0.25) is 0 Å². The van der Waals surface area contributed by atoms with Crippen molar-refractivity contribution in [3.05, 3.63) is 67.7 Å². The second-order valence-corrected chi connectivity index (χ2v) is 6.73. The van der Waals surface area contributed by atoms with Crippen molar-refractivity contribution < 1.29 is 28.7 Å². The Hall–Kier alpha value is -2.98. The predicted octanol–water partition coefficient (Wildman–Crippen LogP) is 2.70. The molecule has 2 aromatic rings. The fraction of sp³-hybridized carbons (Fsp3) is 0.222. The molecule has 0 saturated heterocycles. The predicted molar refractivity (Wildman–Crippen MR) is 99.7 cm³/mol. The van der Waals surface area contributed by atoms with E-state index in [4.69, 9.17) is 14.2 Å². The van der Waals surface area contributed by atoms with Gasteiger partial charge in [-0.25, -0.2) is 0 Å². The molecule has 3 rings (SSSR count). The molecule has 0 atom stereocenters. The monoisotopic (exact) mass is 450 g/mol. The number of esters is 1. The number of carbonyl (C=O) groups is 2. The molecule has 1 amide bonds. The molecule has 0 unspecified atom stereocenters. The Morgan fingerprint density at radius 1 is 1.25 bits per heavy atom. The van der Waals surface area contributed by atoms with Crippen molar-refractivity contribution >= 4 is 33.5 Å². The first-order chi connectivity index (χ1) is 13.4. The maximum Gasteiger partial charge on any atom is 0.325 e. The van der Waals surface area contributed by atoms with Gasteiger partial charge in [0.15, 0.2) is 6.79 Å². The molecule has 1 aliphatic rings. The van der Waals surface area contributed by atoms with E-state index in [-0.39, 0.29) is 32.2 Å². The summed E-state index contributed by atoms with van der Waals surface area (Å²) >= 11 is 3.27. The van der Waals surface area contributed by atoms with E-state index < -0.39 is 16.8 Å². The highest BCUT2D eigenvalue weighted by Gasteiger charge is 2.22. The van der Waals surface area contributed by atoms with Crippen LogP contribution in [0.1, 0.15) is 21.5 Å². The van der Waals surface area contributed by atoms with Gasteiger partial charge in [-0.1, -0.05) is 15.9 Å². The standard InChI is InChI=1S/C18H15BrN2O7/c19-14-3-1-11(2-4-14)18(23)20-7-16(22)27-9-13-6-15(21(24)25)5-12-8-26-10-28-17(12)13/h1-6H,7-10H2,(H,20,23). The van der Waals surface area contributed by atoms with E-state index in [1.165, 1.54) is 12.1 Å². The van der Waals surface area contributed by atoms with Crippen LogP contribution in [-0.4, -0.2) is 30.1 Å². The van der Waals surface area contributed by atoms with Crippen LogP contribution in [0.4, 0.5) is 5.69 Å². The van der Waals surface area contributed by atoms with Crippen molar-refractivity contribution in [2.75, 3.05) is 13.3 Å². The van der Waals surface area contributed by atoms with Crippen LogP contribution in [0.5, 0.6) is 5.75 Å². The number of rotatable bonds is 6. The van der Waals surface area contributed by atoms with Crippen molar-refractivity contribution in [3.8, 4) is 5.75 Å². The van der Waals surface area contributed by atoms with Crippen molar-refractivity contribution in [3.63, 3.8) is 0 Å². The van der Waals surface area contributed by atoms with E-state index >= 15 is 0 Å². The molecule has 1 heterocycles. The van der Waals surface area contributed by atoms with Crippen LogP contribution in [0, 0.1) is 10.1 Å². The van der Waals surface area contributed by atoms with Crippen LogP contribution < -0.4 is 10.1 Å². The quantitative estimate of drug-likeness (QED) is 0.408. The van der Waals surface area contributed by atoms with Gasteiger partial charge in [0.25, 0.3) is 11.6 Å². The number of hydrogen-bond acceptors (Lipinski definition) is 7. The number of hydrogen-bond donors (Lipinski definition) is 1. The van der Waals surface area contributed by atoms with Gasteiger partial charge >= 0.3 is 5.97 Å². The van der Waals surface area contributed by atoms with E-state index in [0.717, 1.165) is 4.47 Å². The number of carbonyl (C=O) groups excluding carboxylic acids is 2. The fourth-order valence-corrected chi connectivity index (χ4v) is 2.82. The molecule has 0 aliphatic carbocycles. The van der Waals surface area contributed by atoms with Gasteiger partial charge in [0.05, 0.1) is 11.5 Å². The highest BCUT2D eigenvalue weighted by atomic mass is 79.9. The number of amides is 1. The number of non-ortho nitro benzene ring substituents is 1. The lowest BCUT2D eigenvalue weighted by Crippen LogP contribution is -2.30. The Labute approximate surface area is 167 Å². The summed E-state index contributed by atoms with van der Waals surface area (Å²) in [6.07, 6.45) is 0. The molecule has 9 nitrogen and oxygen atoms in total. The molecule has 0 spiro atoms. The molecule has 28 heavy (non-hydrogen) atoms. The Morgan fingerprint density at radius 3 is 2.71 bits per heavy atom. The van der Waals surface area contributed by atoms with Gasteiger partial charge in [0.1, 0.15) is 18.9 Å². The number of fused-ring (bicyclic) bond motifs is 1. The van der Waals surface area contributed by atoms with Crippen LogP contribution in [0.3, 0.4) is 0 Å². The molecule has 0 bridgehead atoms. The maximum absolute atomic E-state index is 12.0. The SMILES string of the molecule is O=C(CNC(=O)c1ccc(Br)cc1)OCc1cc([N+](=O)[O-])cc2c1OCOC2. The number of nitrogens with one attached hydrogen (secondary N) is 1. The number of benzene rings is 2. The number of nitro groups is 1. The molecule has 1 N–H and O–H groups in total. The zero-order valence-electron chi connectivity index (χ0n) is 14.5. The molecule has 146 valence electrons. The van der Waals surface area contributed by atoms with Crippen molar-refractivity contribution in [2.45, 2.75) is 13.2 Å². The summed E-state index contributed by atoms with van der Waals surface area (Å²) in [7, 11) is 0. The minimum Gasteiger partial charge on any atom is -0.467 e. The summed E-state index contributed by atoms with van der Waals surface area (Å²) in [6, 6.07) is 9.29. The summed E-state index contributed by atoms with van der Waals surface area (Å²) in [5.41, 5.74) is 1.12. The smallest absolute Gasteiger partial charge is 0.325 e. The zero-order valence-corrected chi connectivity index (χ0v) is 16.1. The summed E-state index contributed by atoms with van der Waals surface area (Å²) in [5, 5.41) is 13.5. The second kappa shape index (κ2) is 8.81. The molecular formula is C18H15BrN2O7. The highest BCUT2D eigenvalue weighted by molar-refractivity contribution is 9.10. The number of halogens is 1. The van der Waals surface area contributed by atoms with Crippen molar-refractivity contribution in [1.82, 2.24) is 5.32 Å². The average Bonchev–Trinajstić information content (AvgIpc) is 2.70. The molecule has 0 saturated carbocycles. The first kappa shape index (κ1) is 19.8. The number of nitrogens with zero attached hydrogens (tertiary/aromatic N) is 1. The summed E-state index contributed by atoms with van der Waals surface area (Å²) in [4.78, 5) is 34.5. The largest absolute Gasteiger partial charge is 0.467 e. The molecule has 0 aromatic heterocycles. The lowest BCUT2D eigenvalue weighted by molar-refractivity contribution is -0.385. The highest BCUT2D eigenvalue weighted by Crippen LogP contribution is 2.33. The number of ether oxygens (including phenoxy) is 3. The average molecular weight is 451 g/mol. The Bertz CT molecular complexity index is 915. The molecule has 2 aromatic carbocycles. The Kier molecular flexibility index (Phi) is 6.22. The minimum absolute atomic E-state index is 0.00893. The van der Waals surface area contributed by atoms with Gasteiger partial charge in [-0.05, 0) is 24.3 Å². The zero-order chi connectivity index (χ0) is 20.1. The third kappa shape index (κ3) is 4.84. The van der Waals surface area contributed by atoms with E-state index in [2.05, 4.69) is 21.2 Å². The maximum atomic E-state index is 12.0. The van der Waals surface area contributed by atoms with Gasteiger partial charge in [-0.15, -0.1) is 0 Å². The fourth-order valence-electron chi connectivity index (χ4n) is 2.56. The lowest BCUT2D eigenvalue weighted by Gasteiger charge is -2.20. The molecular weight excluding hydrogens is 436 g/mol. The topological polar surface area (TPSA) is 117 Å². The van der Waals surface area contributed by atoms with Crippen LogP contribution in [0.25, 0.3) is 0 Å². The van der Waals surface area contributed by atoms with Crippen LogP contribution >= 0.6 is 15.9 Å². The Morgan fingerprint density at radius 2 is 2.00 bits per heavy atom. The van der Waals surface area contributed by atoms with Crippen molar-refractivity contribution in [2.24, 2.45) is 0 Å². The van der Waals surface area contributed by atoms with E-state index in [0.29, 0.717) is 22.4 Å². The van der Waals surface area contributed by atoms with E-state index in [9.17, 15) is 19.7 Å². The summed E-state index contributed by atoms with van der Waals surface area (Å²) < 4.78 is 16.5. The summed E-state index contributed by atoms with van der Waals surface area (Å²) in [5.74, 6) is -0.695. The van der Waals surface area contributed by atoms with Gasteiger partial charge in [0, 0.05) is 33.3 Å². The van der Waals surface area contributed by atoms with Gasteiger partial charge in [0.2, 0.25) is 0 Å². The molecule has 1 aliphatic heterocycles. The second-order valence-electron chi connectivity index (χ2n) is 5.81. The molecule has 0 radical (unpaired) electrons. The summed E-state index contributed by atoms with van der Waals surface area (Å²) in [6.45, 7) is -0.386. The first-order valence-electron chi connectivity index (χ1n) is 8.14. The third-order valence-corrected chi connectivity index (χ3v) is 4.40. The molecule has 0 fully saturated rings. The van der Waals surface area contributed by atoms with Gasteiger partial charge in [-0.2, -0.15) is 0 Å². The van der Waals surface area contributed by atoms with E-state index in [1.807, 2.05) is 0 Å². The molecule has 10 heteroatoms. The van der Waals surface area contributed by atoms with Crippen molar-refractivity contribution in [1.29, 1.82) is 0 Å². The minimum atomic E-state index is -0.683. The number of nitro benzene ring substituents is 1. The van der Waals surface area contributed by atoms with Gasteiger partial charge < -0.3 is 19.5 Å².